The minimum Gasteiger partial charge on any atom is -0.500 e. The number of urea groups is 1. The molecule has 0 saturated carbocycles. The molecule has 2 unspecified atom stereocenters. The third kappa shape index (κ3) is 4.17. The van der Waals surface area contributed by atoms with Gasteiger partial charge in [0.1, 0.15) is 0 Å². The van der Waals surface area contributed by atoms with Crippen molar-refractivity contribution in [3.63, 3.8) is 0 Å². The first-order valence-electron chi connectivity index (χ1n) is 10.5. The zero-order valence-electron chi connectivity index (χ0n) is 18.1. The van der Waals surface area contributed by atoms with Crippen LogP contribution in [0.5, 0.6) is 11.5 Å². The van der Waals surface area contributed by atoms with Gasteiger partial charge in [-0.25, -0.2) is 4.79 Å². The molecule has 0 aliphatic carbocycles. The molecule has 2 amide bonds. The van der Waals surface area contributed by atoms with Gasteiger partial charge in [-0.3, -0.25) is 10.1 Å². The van der Waals surface area contributed by atoms with Gasteiger partial charge in [0.05, 0.1) is 40.8 Å². The minimum atomic E-state index is -0.826. The van der Waals surface area contributed by atoms with E-state index >= 15 is 0 Å². The molecule has 1 aliphatic rings. The van der Waals surface area contributed by atoms with Crippen LogP contribution in [-0.4, -0.2) is 28.4 Å². The summed E-state index contributed by atoms with van der Waals surface area (Å²) in [6.45, 7) is 1.86. The molecule has 3 aromatic carbocycles. The number of nitro benzene ring substituents is 1. The molecular weight excluding hydrogens is 436 g/mol. The highest BCUT2D eigenvalue weighted by atomic mass is 16.6. The van der Waals surface area contributed by atoms with Crippen LogP contribution in [0.2, 0.25) is 0 Å². The van der Waals surface area contributed by atoms with E-state index in [9.17, 15) is 25.3 Å². The molecule has 0 saturated heterocycles. The number of benzene rings is 3. The Morgan fingerprint density at radius 3 is 2.56 bits per heavy atom. The molecule has 34 heavy (non-hydrogen) atoms. The summed E-state index contributed by atoms with van der Waals surface area (Å²) in [6.07, 6.45) is 0. The summed E-state index contributed by atoms with van der Waals surface area (Å²) in [7, 11) is 0. The summed E-state index contributed by atoms with van der Waals surface area (Å²) in [4.78, 5) is 27.9. The molecule has 1 aliphatic heterocycles. The van der Waals surface area contributed by atoms with Gasteiger partial charge in [-0.05, 0) is 35.7 Å². The van der Waals surface area contributed by atoms with Crippen molar-refractivity contribution >= 4 is 17.4 Å². The van der Waals surface area contributed by atoms with Crippen LogP contribution in [0.15, 0.2) is 71.7 Å². The lowest BCUT2D eigenvalue weighted by Crippen LogP contribution is -2.40. The molecule has 2 N–H and O–H groups in total. The van der Waals surface area contributed by atoms with Gasteiger partial charge in [-0.1, -0.05) is 48.5 Å². The van der Waals surface area contributed by atoms with E-state index in [1.54, 1.807) is 43.3 Å². The monoisotopic (exact) mass is 456 g/mol. The van der Waals surface area contributed by atoms with Crippen molar-refractivity contribution in [1.82, 2.24) is 5.32 Å². The molecule has 0 fully saturated rings. The summed E-state index contributed by atoms with van der Waals surface area (Å²) in [5.74, 6) is -1.31. The van der Waals surface area contributed by atoms with Crippen LogP contribution in [-0.2, 0) is 0 Å². The summed E-state index contributed by atoms with van der Waals surface area (Å²) in [6, 6.07) is 19.4. The van der Waals surface area contributed by atoms with Crippen molar-refractivity contribution < 1.29 is 19.6 Å². The first-order valence-corrected chi connectivity index (χ1v) is 10.5. The average Bonchev–Trinajstić information content (AvgIpc) is 2.85. The van der Waals surface area contributed by atoms with E-state index in [1.165, 1.54) is 12.1 Å². The average molecular weight is 456 g/mol. The Hall–Kier alpha value is -4.71. The maximum atomic E-state index is 12.7. The number of phenols is 1. The number of aliphatic imine (C=N–C) groups is 1. The lowest BCUT2D eigenvalue weighted by molar-refractivity contribution is -0.386. The Bertz CT molecular complexity index is 1330. The molecule has 0 bridgehead atoms. The highest BCUT2D eigenvalue weighted by Crippen LogP contribution is 2.44. The van der Waals surface area contributed by atoms with E-state index < -0.39 is 34.4 Å². The molecular formula is C25H20N4O5. The van der Waals surface area contributed by atoms with Gasteiger partial charge in [0.15, 0.2) is 5.75 Å². The molecule has 9 nitrogen and oxygen atoms in total. The van der Waals surface area contributed by atoms with E-state index in [4.69, 9.17) is 4.74 Å². The highest BCUT2D eigenvalue weighted by molar-refractivity contribution is 6.12. The van der Waals surface area contributed by atoms with Crippen LogP contribution >= 0.6 is 0 Å². The van der Waals surface area contributed by atoms with Gasteiger partial charge < -0.3 is 15.2 Å². The molecule has 4 rings (SSSR count). The van der Waals surface area contributed by atoms with Crippen molar-refractivity contribution in [2.24, 2.45) is 4.99 Å². The Labute approximate surface area is 195 Å². The summed E-state index contributed by atoms with van der Waals surface area (Å²) < 4.78 is 5.43. The van der Waals surface area contributed by atoms with Gasteiger partial charge in [0, 0.05) is 6.07 Å². The first kappa shape index (κ1) is 22.5. The zero-order chi connectivity index (χ0) is 24.2. The minimum absolute atomic E-state index is 0.0722. The van der Waals surface area contributed by atoms with Crippen molar-refractivity contribution in [2.45, 2.75) is 18.9 Å². The molecule has 3 aromatic rings. The number of nitrogens with one attached hydrogen (secondary N) is 1. The SMILES string of the molecule is CCOc1cc(C2NC(=O)N=C(c3ccccc3)C2c2ccccc2C#N)cc([N+](=O)[O-])c1O. The van der Waals surface area contributed by atoms with Crippen LogP contribution in [0.4, 0.5) is 10.5 Å². The number of phenolic OH excluding ortho intramolecular Hbond substituents is 1. The third-order valence-electron chi connectivity index (χ3n) is 5.55. The molecule has 9 heteroatoms. The van der Waals surface area contributed by atoms with Gasteiger partial charge in [0.2, 0.25) is 5.75 Å². The summed E-state index contributed by atoms with van der Waals surface area (Å²) in [5.41, 5.74) is 1.87. The predicted molar refractivity (Wildman–Crippen MR) is 124 cm³/mol. The van der Waals surface area contributed by atoms with Crippen LogP contribution in [0, 0.1) is 21.4 Å². The normalized spacial score (nSPS) is 17.3. The lowest BCUT2D eigenvalue weighted by Gasteiger charge is -2.33. The van der Waals surface area contributed by atoms with Crippen LogP contribution in [0.1, 0.15) is 41.1 Å². The smallest absolute Gasteiger partial charge is 0.341 e. The Balaban J connectivity index is 1.98. The van der Waals surface area contributed by atoms with Gasteiger partial charge in [-0.2, -0.15) is 10.3 Å². The summed E-state index contributed by atoms with van der Waals surface area (Å²) in [5, 5.41) is 34.5. The van der Waals surface area contributed by atoms with Crippen molar-refractivity contribution in [1.29, 1.82) is 5.26 Å². The highest BCUT2D eigenvalue weighted by Gasteiger charge is 2.38. The number of nitriles is 1. The number of hydrogen-bond donors (Lipinski definition) is 2. The Kier molecular flexibility index (Phi) is 6.23. The first-order chi connectivity index (χ1) is 16.4. The standard InChI is InChI=1S/C25H20N4O5/c1-2-34-20-13-17(12-19(24(20)30)29(32)33)23-21(18-11-7-6-10-16(18)14-26)22(27-25(31)28-23)15-8-4-3-5-9-15/h3-13,21,23,30H,2H2,1H3,(H,28,31). The second-order valence-electron chi connectivity index (χ2n) is 7.54. The predicted octanol–water partition coefficient (Wildman–Crippen LogP) is 4.61. The van der Waals surface area contributed by atoms with E-state index in [1.807, 2.05) is 18.2 Å². The number of rotatable bonds is 6. The molecule has 0 radical (unpaired) electrons. The fraction of sp³-hybridized carbons (Fsp3) is 0.160. The molecule has 0 spiro atoms. The van der Waals surface area contributed by atoms with Crippen molar-refractivity contribution in [3.8, 4) is 17.6 Å². The topological polar surface area (TPSA) is 138 Å². The number of nitrogens with zero attached hydrogens (tertiary/aromatic N) is 3. The number of nitro groups is 1. The number of ether oxygens (including phenoxy) is 1. The maximum absolute atomic E-state index is 12.7. The molecule has 0 aromatic heterocycles. The van der Waals surface area contributed by atoms with Crippen molar-refractivity contribution in [3.05, 3.63) is 99.1 Å². The van der Waals surface area contributed by atoms with Gasteiger partial charge in [-0.15, -0.1) is 0 Å². The fourth-order valence-electron chi connectivity index (χ4n) is 4.11. The zero-order valence-corrected chi connectivity index (χ0v) is 18.1. The van der Waals surface area contributed by atoms with Gasteiger partial charge in [0.25, 0.3) is 0 Å². The van der Waals surface area contributed by atoms with E-state index in [2.05, 4.69) is 16.4 Å². The Morgan fingerprint density at radius 1 is 1.18 bits per heavy atom. The van der Waals surface area contributed by atoms with E-state index in [-0.39, 0.29) is 12.4 Å². The second kappa shape index (κ2) is 9.42. The van der Waals surface area contributed by atoms with Crippen LogP contribution < -0.4 is 10.1 Å². The summed E-state index contributed by atoms with van der Waals surface area (Å²) >= 11 is 0. The van der Waals surface area contributed by atoms with E-state index in [0.29, 0.717) is 28.0 Å². The largest absolute Gasteiger partial charge is 0.500 e. The number of carbonyl (C=O) groups excluding carboxylic acids is 1. The number of amides is 2. The second-order valence-corrected chi connectivity index (χ2v) is 7.54. The fourth-order valence-corrected chi connectivity index (χ4v) is 4.11. The van der Waals surface area contributed by atoms with Crippen molar-refractivity contribution in [2.75, 3.05) is 6.61 Å². The van der Waals surface area contributed by atoms with Gasteiger partial charge >= 0.3 is 11.7 Å². The molecule has 170 valence electrons. The molecule has 2 atom stereocenters. The quantitative estimate of drug-likeness (QED) is 0.410. The number of aromatic hydroxyl groups is 1. The number of carbonyl (C=O) groups is 1. The molecule has 1 heterocycles. The lowest BCUT2D eigenvalue weighted by atomic mass is 9.78. The maximum Gasteiger partial charge on any atom is 0.341 e. The van der Waals surface area contributed by atoms with Crippen LogP contribution in [0.3, 0.4) is 0 Å². The third-order valence-corrected chi connectivity index (χ3v) is 5.55. The van der Waals surface area contributed by atoms with Crippen LogP contribution in [0.25, 0.3) is 0 Å². The van der Waals surface area contributed by atoms with E-state index in [0.717, 1.165) is 0 Å². The number of hydrogen-bond acceptors (Lipinski definition) is 6. The Morgan fingerprint density at radius 2 is 1.88 bits per heavy atom.